The van der Waals surface area contributed by atoms with Crippen molar-refractivity contribution in [1.82, 2.24) is 4.98 Å². The zero-order valence-corrected chi connectivity index (χ0v) is 12.9. The molecule has 2 aromatic heterocycles. The molecule has 104 valence electrons. The van der Waals surface area contributed by atoms with Crippen LogP contribution >= 0.6 is 22.9 Å². The molecule has 3 rings (SSSR count). The second-order valence-corrected chi connectivity index (χ2v) is 5.99. The van der Waals surface area contributed by atoms with E-state index in [1.165, 1.54) is 12.8 Å². The maximum atomic E-state index is 5.88. The van der Waals surface area contributed by atoms with Crippen LogP contribution in [0.5, 0.6) is 0 Å². The van der Waals surface area contributed by atoms with E-state index in [0.29, 0.717) is 5.88 Å². The Hall–Kier alpha value is -1.32. The van der Waals surface area contributed by atoms with Gasteiger partial charge in [-0.2, -0.15) is 0 Å². The van der Waals surface area contributed by atoms with Gasteiger partial charge in [0.1, 0.15) is 5.58 Å². The van der Waals surface area contributed by atoms with Crippen LogP contribution in [0.25, 0.3) is 21.7 Å². The molecule has 0 aliphatic heterocycles. The lowest BCUT2D eigenvalue weighted by Crippen LogP contribution is -1.84. The van der Waals surface area contributed by atoms with Gasteiger partial charge in [0.05, 0.1) is 5.69 Å². The minimum Gasteiger partial charge on any atom is -0.454 e. The molecule has 2 heterocycles. The van der Waals surface area contributed by atoms with E-state index >= 15 is 0 Å². The Labute approximate surface area is 127 Å². The zero-order chi connectivity index (χ0) is 13.9. The molecule has 0 aliphatic carbocycles. The molecule has 0 bridgehead atoms. The average Bonchev–Trinajstić information content (AvgIpc) is 3.10. The van der Waals surface area contributed by atoms with Gasteiger partial charge in [-0.05, 0) is 36.6 Å². The summed E-state index contributed by atoms with van der Waals surface area (Å²) < 4.78 is 5.88. The highest BCUT2D eigenvalue weighted by molar-refractivity contribution is 7.13. The number of thiazole rings is 1. The molecule has 0 radical (unpaired) electrons. The van der Waals surface area contributed by atoms with Gasteiger partial charge < -0.3 is 4.42 Å². The average molecular weight is 306 g/mol. The first kappa shape index (κ1) is 13.7. The summed E-state index contributed by atoms with van der Waals surface area (Å²) in [5, 5.41) is 4.17. The van der Waals surface area contributed by atoms with Crippen molar-refractivity contribution in [3.05, 3.63) is 40.9 Å². The molecular formula is C16H16ClNOS. The van der Waals surface area contributed by atoms with Crippen molar-refractivity contribution in [1.29, 1.82) is 0 Å². The molecule has 0 amide bonds. The third kappa shape index (κ3) is 2.74. The minimum absolute atomic E-state index is 0.523. The number of halogens is 1. The highest BCUT2D eigenvalue weighted by Crippen LogP contribution is 2.31. The molecule has 1 aromatic carbocycles. The quantitative estimate of drug-likeness (QED) is 0.570. The summed E-state index contributed by atoms with van der Waals surface area (Å²) in [7, 11) is 0. The Morgan fingerprint density at radius 2 is 2.20 bits per heavy atom. The molecule has 0 fully saturated rings. The highest BCUT2D eigenvalue weighted by Gasteiger charge is 2.10. The van der Waals surface area contributed by atoms with Gasteiger partial charge in [0.15, 0.2) is 10.8 Å². The molecule has 0 saturated carbocycles. The van der Waals surface area contributed by atoms with Gasteiger partial charge in [-0.3, -0.25) is 0 Å². The number of alkyl halides is 1. The van der Waals surface area contributed by atoms with Crippen molar-refractivity contribution in [3.8, 4) is 10.8 Å². The van der Waals surface area contributed by atoms with Gasteiger partial charge in [0.2, 0.25) is 0 Å². The van der Waals surface area contributed by atoms with Crippen LogP contribution in [0, 0.1) is 0 Å². The van der Waals surface area contributed by atoms with E-state index in [-0.39, 0.29) is 0 Å². The van der Waals surface area contributed by atoms with Gasteiger partial charge in [0.25, 0.3) is 0 Å². The molecular weight excluding hydrogens is 290 g/mol. The number of nitrogens with zero attached hydrogens (tertiary/aromatic N) is 1. The van der Waals surface area contributed by atoms with Crippen LogP contribution in [0.2, 0.25) is 0 Å². The SMILES string of the molecule is CCCCc1csc(-c2cc3cc(CCl)ccc3o2)n1. The second-order valence-electron chi connectivity index (χ2n) is 4.86. The monoisotopic (exact) mass is 305 g/mol. The van der Waals surface area contributed by atoms with Crippen LogP contribution in [0.15, 0.2) is 34.1 Å². The number of aromatic nitrogens is 1. The molecule has 0 saturated heterocycles. The molecule has 20 heavy (non-hydrogen) atoms. The summed E-state index contributed by atoms with van der Waals surface area (Å²) >= 11 is 7.51. The van der Waals surface area contributed by atoms with E-state index in [4.69, 9.17) is 16.0 Å². The third-order valence-electron chi connectivity index (χ3n) is 3.28. The van der Waals surface area contributed by atoms with Crippen molar-refractivity contribution in [2.45, 2.75) is 32.1 Å². The lowest BCUT2D eigenvalue weighted by Gasteiger charge is -1.92. The third-order valence-corrected chi connectivity index (χ3v) is 4.50. The zero-order valence-electron chi connectivity index (χ0n) is 11.4. The Morgan fingerprint density at radius 3 is 3.00 bits per heavy atom. The van der Waals surface area contributed by atoms with E-state index in [1.54, 1.807) is 11.3 Å². The van der Waals surface area contributed by atoms with Crippen LogP contribution in [-0.2, 0) is 12.3 Å². The maximum Gasteiger partial charge on any atom is 0.164 e. The smallest absolute Gasteiger partial charge is 0.164 e. The first-order chi connectivity index (χ1) is 9.80. The normalized spacial score (nSPS) is 11.3. The largest absolute Gasteiger partial charge is 0.454 e. The van der Waals surface area contributed by atoms with Crippen LogP contribution in [0.1, 0.15) is 31.0 Å². The van der Waals surface area contributed by atoms with E-state index in [0.717, 1.165) is 39.4 Å². The van der Waals surface area contributed by atoms with Crippen LogP contribution in [-0.4, -0.2) is 4.98 Å². The summed E-state index contributed by atoms with van der Waals surface area (Å²) in [5.74, 6) is 1.37. The molecule has 0 atom stereocenters. The fourth-order valence-electron chi connectivity index (χ4n) is 2.17. The van der Waals surface area contributed by atoms with Gasteiger partial charge in [-0.1, -0.05) is 19.4 Å². The Bertz CT molecular complexity index is 716. The number of aryl methyl sites for hydroxylation is 1. The highest BCUT2D eigenvalue weighted by atomic mass is 35.5. The lowest BCUT2D eigenvalue weighted by atomic mass is 10.2. The molecule has 0 unspecified atom stereocenters. The van der Waals surface area contributed by atoms with E-state index in [9.17, 15) is 0 Å². The molecule has 0 spiro atoms. The summed E-state index contributed by atoms with van der Waals surface area (Å²) in [6, 6.07) is 8.09. The van der Waals surface area contributed by atoms with Crippen molar-refractivity contribution in [3.63, 3.8) is 0 Å². The summed E-state index contributed by atoms with van der Waals surface area (Å²) in [6.45, 7) is 2.20. The predicted octanol–water partition coefficient (Wildman–Crippen LogP) is 5.64. The first-order valence-electron chi connectivity index (χ1n) is 6.83. The fraction of sp³-hybridized carbons (Fsp3) is 0.312. The van der Waals surface area contributed by atoms with E-state index < -0.39 is 0 Å². The number of hydrogen-bond donors (Lipinski definition) is 0. The number of unbranched alkanes of at least 4 members (excludes halogenated alkanes) is 1. The van der Waals surface area contributed by atoms with Gasteiger partial charge in [-0.25, -0.2) is 4.98 Å². The van der Waals surface area contributed by atoms with Crippen LogP contribution < -0.4 is 0 Å². The molecule has 0 aliphatic rings. The van der Waals surface area contributed by atoms with Gasteiger partial charge in [-0.15, -0.1) is 22.9 Å². The van der Waals surface area contributed by atoms with Gasteiger partial charge >= 0.3 is 0 Å². The first-order valence-corrected chi connectivity index (χ1v) is 8.24. The van der Waals surface area contributed by atoms with E-state index in [1.807, 2.05) is 18.2 Å². The Kier molecular flexibility index (Phi) is 4.08. The number of hydrogen-bond acceptors (Lipinski definition) is 3. The maximum absolute atomic E-state index is 5.88. The van der Waals surface area contributed by atoms with Crippen LogP contribution in [0.4, 0.5) is 0 Å². The predicted molar refractivity (Wildman–Crippen MR) is 85.5 cm³/mol. The Balaban J connectivity index is 1.91. The Morgan fingerprint density at radius 1 is 1.30 bits per heavy atom. The second kappa shape index (κ2) is 5.98. The number of rotatable bonds is 5. The number of fused-ring (bicyclic) bond motifs is 1. The molecule has 0 N–H and O–H groups in total. The van der Waals surface area contributed by atoms with Crippen molar-refractivity contribution >= 4 is 33.9 Å². The molecule has 3 aromatic rings. The van der Waals surface area contributed by atoms with Crippen molar-refractivity contribution in [2.75, 3.05) is 0 Å². The van der Waals surface area contributed by atoms with Gasteiger partial charge in [0, 0.05) is 16.6 Å². The number of furan rings is 1. The summed E-state index contributed by atoms with van der Waals surface area (Å²) in [5.41, 5.74) is 3.15. The van der Waals surface area contributed by atoms with Crippen LogP contribution in [0.3, 0.4) is 0 Å². The summed E-state index contributed by atoms with van der Waals surface area (Å²) in [4.78, 5) is 4.65. The van der Waals surface area contributed by atoms with Crippen molar-refractivity contribution < 1.29 is 4.42 Å². The summed E-state index contributed by atoms with van der Waals surface area (Å²) in [6.07, 6.45) is 3.42. The molecule has 4 heteroatoms. The lowest BCUT2D eigenvalue weighted by molar-refractivity contribution is 0.630. The topological polar surface area (TPSA) is 26.0 Å². The minimum atomic E-state index is 0.523. The van der Waals surface area contributed by atoms with E-state index in [2.05, 4.69) is 23.4 Å². The standard InChI is InChI=1S/C16H16ClNOS/c1-2-3-4-13-10-20-16(18-13)15-8-12-7-11(9-17)5-6-14(12)19-15/h5-8,10H,2-4,9H2,1H3. The number of benzene rings is 1. The van der Waals surface area contributed by atoms with Crippen molar-refractivity contribution in [2.24, 2.45) is 0 Å². The fourth-order valence-corrected chi connectivity index (χ4v) is 3.15. The molecule has 2 nitrogen and oxygen atoms in total.